The summed E-state index contributed by atoms with van der Waals surface area (Å²) in [6.07, 6.45) is 39.3. The van der Waals surface area contributed by atoms with Crippen LogP contribution in [0.4, 0.5) is 0 Å². The summed E-state index contributed by atoms with van der Waals surface area (Å²) in [6.45, 7) is 3.69. The number of hydrogen-bond acceptors (Lipinski definition) is 6. The Morgan fingerprint density at radius 1 is 0.510 bits per heavy atom. The van der Waals surface area contributed by atoms with Crippen LogP contribution in [0, 0.1) is 0 Å². The number of phosphoric ester groups is 1. The van der Waals surface area contributed by atoms with Crippen molar-refractivity contribution in [2.45, 2.75) is 219 Å². The van der Waals surface area contributed by atoms with Crippen LogP contribution in [0.15, 0.2) is 12.2 Å². The first-order valence-electron chi connectivity index (χ1n) is 20.5. The maximum atomic E-state index is 12.4. The smallest absolute Gasteiger partial charge is 0.462 e. The fourth-order valence-corrected chi connectivity index (χ4v) is 6.32. The zero-order valence-electron chi connectivity index (χ0n) is 31.9. The van der Waals surface area contributed by atoms with Crippen molar-refractivity contribution in [1.82, 2.24) is 0 Å². The lowest BCUT2D eigenvalue weighted by atomic mass is 10.0. The molecule has 290 valence electrons. The van der Waals surface area contributed by atoms with Gasteiger partial charge in [-0.25, -0.2) is 4.57 Å². The highest BCUT2D eigenvalue weighted by atomic mass is 31.2. The van der Waals surface area contributed by atoms with Gasteiger partial charge >= 0.3 is 19.8 Å². The Balaban J connectivity index is 3.91. The average Bonchev–Trinajstić information content (AvgIpc) is 3.07. The van der Waals surface area contributed by atoms with Crippen molar-refractivity contribution in [3.05, 3.63) is 12.2 Å². The van der Waals surface area contributed by atoms with Gasteiger partial charge in [0.05, 0.1) is 6.61 Å². The van der Waals surface area contributed by atoms with Crippen LogP contribution in [0.1, 0.15) is 213 Å². The fourth-order valence-electron chi connectivity index (χ4n) is 5.96. The summed E-state index contributed by atoms with van der Waals surface area (Å²) < 4.78 is 26.4. The Kier molecular flexibility index (Phi) is 35.7. The summed E-state index contributed by atoms with van der Waals surface area (Å²) >= 11 is 0. The van der Waals surface area contributed by atoms with Crippen molar-refractivity contribution in [2.75, 3.05) is 13.2 Å². The minimum atomic E-state index is -4.75. The minimum absolute atomic E-state index is 0.216. The van der Waals surface area contributed by atoms with E-state index in [4.69, 9.17) is 19.3 Å². The zero-order valence-corrected chi connectivity index (χ0v) is 32.8. The molecule has 0 spiro atoms. The Labute approximate surface area is 301 Å². The molecule has 49 heavy (non-hydrogen) atoms. The van der Waals surface area contributed by atoms with Gasteiger partial charge < -0.3 is 19.3 Å². The first kappa shape index (κ1) is 47.8. The highest BCUT2D eigenvalue weighted by Crippen LogP contribution is 2.36. The van der Waals surface area contributed by atoms with Crippen LogP contribution in [0.5, 0.6) is 0 Å². The molecule has 0 amide bonds. The average molecular weight is 717 g/mol. The van der Waals surface area contributed by atoms with E-state index in [1.807, 2.05) is 0 Å². The molecule has 1 atom stereocenters. The Morgan fingerprint density at radius 2 is 0.857 bits per heavy atom. The van der Waals surface area contributed by atoms with Crippen LogP contribution in [-0.4, -0.2) is 41.0 Å². The minimum Gasteiger partial charge on any atom is -0.462 e. The van der Waals surface area contributed by atoms with Crippen LogP contribution in [0.3, 0.4) is 0 Å². The molecule has 0 aromatic carbocycles. The van der Waals surface area contributed by atoms with Gasteiger partial charge in [-0.3, -0.25) is 14.1 Å². The molecule has 0 aromatic heterocycles. The molecule has 0 aliphatic rings. The quantitative estimate of drug-likeness (QED) is 0.0280. The maximum Gasteiger partial charge on any atom is 0.469 e. The fraction of sp³-hybridized carbons (Fsp3) is 0.900. The Hall–Kier alpha value is -1.21. The van der Waals surface area contributed by atoms with Crippen LogP contribution in [0.25, 0.3) is 0 Å². The molecule has 0 radical (unpaired) electrons. The molecular weight excluding hydrogens is 639 g/mol. The molecule has 9 heteroatoms. The van der Waals surface area contributed by atoms with Crippen molar-refractivity contribution < 1.29 is 37.9 Å². The van der Waals surface area contributed by atoms with Crippen molar-refractivity contribution in [2.24, 2.45) is 0 Å². The van der Waals surface area contributed by atoms with Crippen molar-refractivity contribution in [1.29, 1.82) is 0 Å². The van der Waals surface area contributed by atoms with Gasteiger partial charge in [-0.05, 0) is 38.5 Å². The predicted molar refractivity (Wildman–Crippen MR) is 202 cm³/mol. The van der Waals surface area contributed by atoms with Crippen LogP contribution in [-0.2, 0) is 28.2 Å². The predicted octanol–water partition coefficient (Wildman–Crippen LogP) is 12.2. The summed E-state index contributed by atoms with van der Waals surface area (Å²) in [7, 11) is -4.75. The lowest BCUT2D eigenvalue weighted by Gasteiger charge is -2.18. The van der Waals surface area contributed by atoms with Gasteiger partial charge in [-0.2, -0.15) is 0 Å². The number of carbonyl (C=O) groups is 2. The summed E-state index contributed by atoms with van der Waals surface area (Å²) in [5.41, 5.74) is 0. The number of carbonyl (C=O) groups excluding carboxylic acids is 2. The SMILES string of the molecule is CCCCCCCCC/C=C\CCCCCCCC(=O)OC[C@H](COP(=O)(O)O)OC(=O)CCCCCCCCCCCCCCCCC. The molecule has 0 aromatic rings. The van der Waals surface area contributed by atoms with Gasteiger partial charge in [0.15, 0.2) is 6.10 Å². The number of phosphoric acid groups is 1. The second kappa shape index (κ2) is 36.6. The molecule has 0 aliphatic carbocycles. The molecule has 2 N–H and O–H groups in total. The Bertz CT molecular complexity index is 812. The molecule has 0 rings (SSSR count). The largest absolute Gasteiger partial charge is 0.469 e. The number of esters is 2. The normalized spacial score (nSPS) is 12.5. The molecule has 0 saturated heterocycles. The third-order valence-corrected chi connectivity index (χ3v) is 9.52. The first-order chi connectivity index (χ1) is 23.8. The van der Waals surface area contributed by atoms with E-state index in [-0.39, 0.29) is 19.4 Å². The second-order valence-corrected chi connectivity index (χ2v) is 15.2. The lowest BCUT2D eigenvalue weighted by molar-refractivity contribution is -0.161. The molecular formula is C40H77O8P. The van der Waals surface area contributed by atoms with Crippen LogP contribution < -0.4 is 0 Å². The molecule has 8 nitrogen and oxygen atoms in total. The molecule has 0 heterocycles. The standard InChI is InChI=1S/C40H77O8P/c1-3-5-7-9-11-13-15-17-19-21-22-24-26-28-30-32-34-39(41)46-36-38(37-47-49(43,44)45)48-40(42)35-33-31-29-27-25-23-20-18-16-14-12-10-8-6-4-2/h19,21,38H,3-18,20,22-37H2,1-2H3,(H2,43,44,45)/b21-19-/t38-/m1/s1. The maximum absolute atomic E-state index is 12.4. The third kappa shape index (κ3) is 39.4. The summed E-state index contributed by atoms with van der Waals surface area (Å²) in [6, 6.07) is 0. The van der Waals surface area contributed by atoms with Gasteiger partial charge in [0.25, 0.3) is 0 Å². The highest BCUT2D eigenvalue weighted by molar-refractivity contribution is 7.46. The first-order valence-corrected chi connectivity index (χ1v) is 22.0. The van der Waals surface area contributed by atoms with E-state index in [1.54, 1.807) is 0 Å². The van der Waals surface area contributed by atoms with Gasteiger partial charge in [0.2, 0.25) is 0 Å². The van der Waals surface area contributed by atoms with E-state index >= 15 is 0 Å². The molecule has 0 bridgehead atoms. The summed E-state index contributed by atoms with van der Waals surface area (Å²) in [4.78, 5) is 42.8. The van der Waals surface area contributed by atoms with E-state index in [1.165, 1.54) is 122 Å². The zero-order chi connectivity index (χ0) is 36.1. The van der Waals surface area contributed by atoms with Crippen molar-refractivity contribution in [3.8, 4) is 0 Å². The van der Waals surface area contributed by atoms with Gasteiger partial charge in [-0.1, -0.05) is 174 Å². The van der Waals surface area contributed by atoms with Gasteiger partial charge in [0, 0.05) is 12.8 Å². The molecule has 0 fully saturated rings. The van der Waals surface area contributed by atoms with Crippen molar-refractivity contribution in [3.63, 3.8) is 0 Å². The summed E-state index contributed by atoms with van der Waals surface area (Å²) in [5.74, 6) is -0.884. The number of hydrogen-bond donors (Lipinski definition) is 2. The van der Waals surface area contributed by atoms with Gasteiger partial charge in [-0.15, -0.1) is 0 Å². The topological polar surface area (TPSA) is 119 Å². The van der Waals surface area contributed by atoms with E-state index in [0.717, 1.165) is 57.8 Å². The van der Waals surface area contributed by atoms with E-state index in [0.29, 0.717) is 6.42 Å². The van der Waals surface area contributed by atoms with Crippen LogP contribution >= 0.6 is 7.82 Å². The third-order valence-electron chi connectivity index (χ3n) is 9.03. The van der Waals surface area contributed by atoms with Gasteiger partial charge in [0.1, 0.15) is 6.61 Å². The molecule has 0 unspecified atom stereocenters. The van der Waals surface area contributed by atoms with E-state index in [2.05, 4.69) is 30.5 Å². The molecule has 0 aliphatic heterocycles. The number of ether oxygens (including phenoxy) is 2. The van der Waals surface area contributed by atoms with Crippen molar-refractivity contribution >= 4 is 19.8 Å². The molecule has 0 saturated carbocycles. The number of unbranched alkanes of at least 4 members (excludes halogenated alkanes) is 26. The number of rotatable bonds is 38. The lowest BCUT2D eigenvalue weighted by Crippen LogP contribution is -2.29. The van der Waals surface area contributed by atoms with E-state index in [9.17, 15) is 14.2 Å². The van der Waals surface area contributed by atoms with E-state index < -0.39 is 32.5 Å². The monoisotopic (exact) mass is 717 g/mol. The summed E-state index contributed by atoms with van der Waals surface area (Å²) in [5, 5.41) is 0. The van der Waals surface area contributed by atoms with Crippen LogP contribution in [0.2, 0.25) is 0 Å². The number of allylic oxidation sites excluding steroid dienone is 2. The second-order valence-electron chi connectivity index (χ2n) is 14.0. The highest BCUT2D eigenvalue weighted by Gasteiger charge is 2.22. The Morgan fingerprint density at radius 3 is 1.24 bits per heavy atom.